The molecule has 1 aliphatic rings. The number of nitrogens with zero attached hydrogens (tertiary/aromatic N) is 1. The van der Waals surface area contributed by atoms with Gasteiger partial charge in [0, 0.05) is 19.3 Å². The number of carboxylic acid groups (broad SMARTS) is 1. The van der Waals surface area contributed by atoms with Crippen molar-refractivity contribution in [1.29, 1.82) is 0 Å². The summed E-state index contributed by atoms with van der Waals surface area (Å²) >= 11 is 0. The predicted molar refractivity (Wildman–Crippen MR) is 58.1 cm³/mol. The summed E-state index contributed by atoms with van der Waals surface area (Å²) < 4.78 is 0. The number of hydrogen-bond donors (Lipinski definition) is 2. The summed E-state index contributed by atoms with van der Waals surface area (Å²) in [6.07, 6.45) is -0.0588. The van der Waals surface area contributed by atoms with Gasteiger partial charge in [0.1, 0.15) is 0 Å². The van der Waals surface area contributed by atoms with Crippen LogP contribution in [0.15, 0.2) is 24.3 Å². The number of anilines is 1. The minimum atomic E-state index is -0.878. The van der Waals surface area contributed by atoms with Gasteiger partial charge in [-0.25, -0.2) is 4.79 Å². The minimum absolute atomic E-state index is 0.0278. The quantitative estimate of drug-likeness (QED) is 0.740. The fourth-order valence-corrected chi connectivity index (χ4v) is 1.98. The van der Waals surface area contributed by atoms with E-state index in [4.69, 9.17) is 5.11 Å². The third kappa shape index (κ3) is 1.75. The lowest BCUT2D eigenvalue weighted by Crippen LogP contribution is -2.33. The van der Waals surface area contributed by atoms with Crippen molar-refractivity contribution in [3.63, 3.8) is 0 Å². The van der Waals surface area contributed by atoms with E-state index in [0.29, 0.717) is 0 Å². The van der Waals surface area contributed by atoms with Crippen LogP contribution in [-0.2, 0) is 0 Å². The van der Waals surface area contributed by atoms with E-state index in [1.807, 2.05) is 24.3 Å². The molecule has 2 N–H and O–H groups in total. The Bertz CT molecular complexity index is 379. The fourth-order valence-electron chi connectivity index (χ4n) is 1.98. The molecular formula is C11H14N2O2. The summed E-state index contributed by atoms with van der Waals surface area (Å²) in [7, 11) is 1.62. The van der Waals surface area contributed by atoms with Gasteiger partial charge >= 0.3 is 6.09 Å². The highest BCUT2D eigenvalue weighted by atomic mass is 16.4. The Balaban J connectivity index is 2.33. The molecule has 1 aliphatic heterocycles. The minimum Gasteiger partial charge on any atom is -0.465 e. The zero-order chi connectivity index (χ0) is 10.8. The summed E-state index contributed by atoms with van der Waals surface area (Å²) in [5, 5.41) is 12.2. The maximum Gasteiger partial charge on any atom is 0.407 e. The molecular weight excluding hydrogens is 192 g/mol. The number of benzene rings is 1. The van der Waals surface area contributed by atoms with Gasteiger partial charge in [0.05, 0.1) is 6.04 Å². The van der Waals surface area contributed by atoms with E-state index >= 15 is 0 Å². The van der Waals surface area contributed by atoms with Crippen molar-refractivity contribution < 1.29 is 9.90 Å². The van der Waals surface area contributed by atoms with E-state index in [1.165, 1.54) is 4.90 Å². The molecule has 1 unspecified atom stereocenters. The maximum atomic E-state index is 10.9. The van der Waals surface area contributed by atoms with Crippen LogP contribution >= 0.6 is 0 Å². The van der Waals surface area contributed by atoms with Crippen LogP contribution < -0.4 is 5.32 Å². The third-order valence-corrected chi connectivity index (χ3v) is 2.82. The Morgan fingerprint density at radius 1 is 1.53 bits per heavy atom. The van der Waals surface area contributed by atoms with Gasteiger partial charge in [0.15, 0.2) is 0 Å². The molecule has 15 heavy (non-hydrogen) atoms. The van der Waals surface area contributed by atoms with Crippen LogP contribution in [-0.4, -0.2) is 29.7 Å². The number of rotatable bonds is 1. The molecule has 4 heteroatoms. The van der Waals surface area contributed by atoms with Gasteiger partial charge < -0.3 is 15.3 Å². The predicted octanol–water partition coefficient (Wildman–Crippen LogP) is 2.15. The molecule has 2 rings (SSSR count). The first-order chi connectivity index (χ1) is 7.20. The first-order valence-electron chi connectivity index (χ1n) is 4.98. The van der Waals surface area contributed by atoms with E-state index in [9.17, 15) is 4.79 Å². The summed E-state index contributed by atoms with van der Waals surface area (Å²) in [4.78, 5) is 12.3. The van der Waals surface area contributed by atoms with Crippen molar-refractivity contribution in [1.82, 2.24) is 4.90 Å². The molecule has 0 saturated carbocycles. The van der Waals surface area contributed by atoms with E-state index in [0.717, 1.165) is 24.2 Å². The second-order valence-corrected chi connectivity index (χ2v) is 3.71. The number of hydrogen-bond acceptors (Lipinski definition) is 2. The van der Waals surface area contributed by atoms with Gasteiger partial charge in [0.25, 0.3) is 0 Å². The molecule has 0 fully saturated rings. The smallest absolute Gasteiger partial charge is 0.407 e. The second kappa shape index (κ2) is 3.81. The van der Waals surface area contributed by atoms with Crippen LogP contribution in [0.1, 0.15) is 18.0 Å². The maximum absolute atomic E-state index is 10.9. The van der Waals surface area contributed by atoms with E-state index in [2.05, 4.69) is 5.32 Å². The van der Waals surface area contributed by atoms with Gasteiger partial charge in [-0.2, -0.15) is 0 Å². The number of amides is 1. The highest BCUT2D eigenvalue weighted by Crippen LogP contribution is 2.32. The molecule has 4 nitrogen and oxygen atoms in total. The Morgan fingerprint density at radius 3 is 3.00 bits per heavy atom. The molecule has 1 heterocycles. The highest BCUT2D eigenvalue weighted by Gasteiger charge is 2.25. The molecule has 0 saturated heterocycles. The van der Waals surface area contributed by atoms with Crippen molar-refractivity contribution >= 4 is 11.8 Å². The van der Waals surface area contributed by atoms with Gasteiger partial charge in [0.2, 0.25) is 0 Å². The van der Waals surface area contributed by atoms with Crippen LogP contribution in [0.4, 0.5) is 10.5 Å². The van der Waals surface area contributed by atoms with Crippen molar-refractivity contribution in [2.75, 3.05) is 18.9 Å². The standard InChI is InChI=1S/C11H14N2O2/c1-13(11(14)15)10-6-7-12-9-5-3-2-4-8(9)10/h2-5,10,12H,6-7H2,1H3,(H,14,15). The van der Waals surface area contributed by atoms with Gasteiger partial charge in [-0.15, -0.1) is 0 Å². The summed E-state index contributed by atoms with van der Waals surface area (Å²) in [6.45, 7) is 0.819. The Hall–Kier alpha value is -1.71. The molecule has 80 valence electrons. The van der Waals surface area contributed by atoms with Gasteiger partial charge in [-0.3, -0.25) is 0 Å². The SMILES string of the molecule is CN(C(=O)O)C1CCNc2ccccc21. The van der Waals surface area contributed by atoms with Crippen molar-refractivity contribution in [2.45, 2.75) is 12.5 Å². The van der Waals surface area contributed by atoms with E-state index < -0.39 is 6.09 Å². The lowest BCUT2D eigenvalue weighted by Gasteiger charge is -2.32. The summed E-state index contributed by atoms with van der Waals surface area (Å²) in [5.74, 6) is 0. The fraction of sp³-hybridized carbons (Fsp3) is 0.364. The molecule has 0 aliphatic carbocycles. The molecule has 0 bridgehead atoms. The molecule has 1 aromatic rings. The first kappa shape index (κ1) is 9.83. The van der Waals surface area contributed by atoms with Crippen LogP contribution in [0.5, 0.6) is 0 Å². The highest BCUT2D eigenvalue weighted by molar-refractivity contribution is 5.67. The molecule has 1 aromatic carbocycles. The average molecular weight is 206 g/mol. The molecule has 0 radical (unpaired) electrons. The van der Waals surface area contributed by atoms with Crippen LogP contribution in [0.3, 0.4) is 0 Å². The number of nitrogens with one attached hydrogen (secondary N) is 1. The monoisotopic (exact) mass is 206 g/mol. The Morgan fingerprint density at radius 2 is 2.27 bits per heavy atom. The topological polar surface area (TPSA) is 52.6 Å². The molecule has 1 atom stereocenters. The second-order valence-electron chi connectivity index (χ2n) is 3.71. The van der Waals surface area contributed by atoms with Crippen LogP contribution in [0, 0.1) is 0 Å². The van der Waals surface area contributed by atoms with E-state index in [1.54, 1.807) is 7.05 Å². The lowest BCUT2D eigenvalue weighted by atomic mass is 9.97. The number of fused-ring (bicyclic) bond motifs is 1. The van der Waals surface area contributed by atoms with Gasteiger partial charge in [-0.05, 0) is 18.1 Å². The van der Waals surface area contributed by atoms with Gasteiger partial charge in [-0.1, -0.05) is 18.2 Å². The van der Waals surface area contributed by atoms with Crippen LogP contribution in [0.25, 0.3) is 0 Å². The molecule has 0 aromatic heterocycles. The zero-order valence-corrected chi connectivity index (χ0v) is 8.60. The number of para-hydroxylation sites is 1. The Kier molecular flexibility index (Phi) is 2.49. The van der Waals surface area contributed by atoms with Crippen molar-refractivity contribution in [3.8, 4) is 0 Å². The van der Waals surface area contributed by atoms with Crippen molar-refractivity contribution in [2.24, 2.45) is 0 Å². The summed E-state index contributed by atoms with van der Waals surface area (Å²) in [6, 6.07) is 7.83. The third-order valence-electron chi connectivity index (χ3n) is 2.82. The lowest BCUT2D eigenvalue weighted by molar-refractivity contribution is 0.136. The average Bonchev–Trinajstić information content (AvgIpc) is 2.27. The Labute approximate surface area is 88.5 Å². The molecule has 0 spiro atoms. The van der Waals surface area contributed by atoms with Crippen molar-refractivity contribution in [3.05, 3.63) is 29.8 Å². The van der Waals surface area contributed by atoms with E-state index in [-0.39, 0.29) is 6.04 Å². The number of carbonyl (C=O) groups is 1. The first-order valence-corrected chi connectivity index (χ1v) is 4.98. The largest absolute Gasteiger partial charge is 0.465 e. The molecule has 1 amide bonds. The normalized spacial score (nSPS) is 18.9. The zero-order valence-electron chi connectivity index (χ0n) is 8.60. The van der Waals surface area contributed by atoms with Crippen LogP contribution in [0.2, 0.25) is 0 Å². The summed E-state index contributed by atoms with van der Waals surface area (Å²) in [5.41, 5.74) is 2.11.